The minimum Gasteiger partial charge on any atom is -0.459 e. The average molecular weight is 223 g/mol. The number of esters is 1. The number of carbonyl (C=O) groups excluding carboxylic acids is 1. The highest BCUT2D eigenvalue weighted by Crippen LogP contribution is 2.23. The van der Waals surface area contributed by atoms with E-state index < -0.39 is 11.8 Å². The van der Waals surface area contributed by atoms with Crippen LogP contribution in [0.25, 0.3) is 0 Å². The molecule has 0 atom stereocenters. The molecule has 0 saturated heterocycles. The van der Waals surface area contributed by atoms with E-state index in [4.69, 9.17) is 10.5 Å². The summed E-state index contributed by atoms with van der Waals surface area (Å²) in [5, 5.41) is 0. The van der Waals surface area contributed by atoms with E-state index in [1.165, 1.54) is 12.1 Å². The number of hydrogen-bond acceptors (Lipinski definition) is 3. The van der Waals surface area contributed by atoms with Crippen molar-refractivity contribution in [3.63, 3.8) is 0 Å². The van der Waals surface area contributed by atoms with Crippen molar-refractivity contribution in [2.24, 2.45) is 0 Å². The Kier molecular flexibility index (Phi) is 3.08. The monoisotopic (exact) mass is 223 g/mol. The van der Waals surface area contributed by atoms with Gasteiger partial charge in [-0.1, -0.05) is 0 Å². The lowest BCUT2D eigenvalue weighted by Crippen LogP contribution is -2.16. The van der Waals surface area contributed by atoms with E-state index in [2.05, 4.69) is 0 Å². The van der Waals surface area contributed by atoms with Crippen LogP contribution in [-0.4, -0.2) is 12.1 Å². The van der Waals surface area contributed by atoms with Gasteiger partial charge in [0.05, 0.1) is 5.56 Å². The molecule has 16 heavy (non-hydrogen) atoms. The third kappa shape index (κ3) is 2.32. The van der Waals surface area contributed by atoms with Crippen LogP contribution in [0.15, 0.2) is 18.2 Å². The molecule has 1 aromatic rings. The van der Waals surface area contributed by atoms with Gasteiger partial charge >= 0.3 is 5.97 Å². The Bertz CT molecular complexity index is 400. The molecule has 3 nitrogen and oxygen atoms in total. The molecular formula is C12H14FNO2. The molecule has 2 N–H and O–H groups in total. The number of nitrogen functional groups attached to an aromatic ring is 1. The fraction of sp³-hybridized carbons (Fsp3) is 0.417. The van der Waals surface area contributed by atoms with Gasteiger partial charge in [0.25, 0.3) is 0 Å². The van der Waals surface area contributed by atoms with Gasteiger partial charge in [0.15, 0.2) is 0 Å². The maximum Gasteiger partial charge on any atom is 0.340 e. The molecule has 0 unspecified atom stereocenters. The summed E-state index contributed by atoms with van der Waals surface area (Å²) < 4.78 is 18.1. The maximum absolute atomic E-state index is 12.8. The van der Waals surface area contributed by atoms with Crippen molar-refractivity contribution < 1.29 is 13.9 Å². The first-order valence-electron chi connectivity index (χ1n) is 5.43. The van der Waals surface area contributed by atoms with Crippen molar-refractivity contribution in [1.82, 2.24) is 0 Å². The molecule has 1 saturated carbocycles. The fourth-order valence-electron chi connectivity index (χ4n) is 1.94. The van der Waals surface area contributed by atoms with Crippen LogP contribution >= 0.6 is 0 Å². The van der Waals surface area contributed by atoms with Gasteiger partial charge in [0.2, 0.25) is 0 Å². The first-order valence-corrected chi connectivity index (χ1v) is 5.43. The van der Waals surface area contributed by atoms with Crippen LogP contribution in [-0.2, 0) is 4.74 Å². The fourth-order valence-corrected chi connectivity index (χ4v) is 1.94. The van der Waals surface area contributed by atoms with E-state index >= 15 is 0 Å². The number of nitrogens with two attached hydrogens (primary N) is 1. The van der Waals surface area contributed by atoms with Crippen LogP contribution in [0.1, 0.15) is 36.0 Å². The smallest absolute Gasteiger partial charge is 0.340 e. The van der Waals surface area contributed by atoms with Crippen molar-refractivity contribution in [2.45, 2.75) is 31.8 Å². The summed E-state index contributed by atoms with van der Waals surface area (Å²) >= 11 is 0. The Morgan fingerprint density at radius 3 is 2.69 bits per heavy atom. The number of benzene rings is 1. The van der Waals surface area contributed by atoms with Crippen molar-refractivity contribution >= 4 is 11.7 Å². The van der Waals surface area contributed by atoms with E-state index in [1.54, 1.807) is 0 Å². The molecule has 4 heteroatoms. The minimum atomic E-state index is -0.454. The van der Waals surface area contributed by atoms with Gasteiger partial charge in [-0.05, 0) is 43.9 Å². The Labute approximate surface area is 93.4 Å². The summed E-state index contributed by atoms with van der Waals surface area (Å²) in [6.45, 7) is 0. The van der Waals surface area contributed by atoms with Gasteiger partial charge < -0.3 is 10.5 Å². The molecule has 1 aliphatic rings. The van der Waals surface area contributed by atoms with Crippen LogP contribution in [0.5, 0.6) is 0 Å². The highest BCUT2D eigenvalue weighted by atomic mass is 19.1. The Hall–Kier alpha value is -1.58. The molecule has 0 aromatic heterocycles. The molecule has 0 aliphatic heterocycles. The lowest BCUT2D eigenvalue weighted by molar-refractivity contribution is 0.0319. The topological polar surface area (TPSA) is 52.3 Å². The first-order chi connectivity index (χ1) is 7.66. The van der Waals surface area contributed by atoms with Gasteiger partial charge in [-0.3, -0.25) is 0 Å². The molecule has 0 bridgehead atoms. The van der Waals surface area contributed by atoms with Crippen molar-refractivity contribution in [1.29, 1.82) is 0 Å². The standard InChI is InChI=1S/C12H14FNO2/c13-8-5-6-10(11(14)7-8)12(15)16-9-3-1-2-4-9/h5-7,9H,1-4,14H2. The van der Waals surface area contributed by atoms with E-state index in [1.807, 2.05) is 0 Å². The van der Waals surface area contributed by atoms with Gasteiger partial charge in [0, 0.05) is 5.69 Å². The van der Waals surface area contributed by atoms with E-state index in [9.17, 15) is 9.18 Å². The molecular weight excluding hydrogens is 209 g/mol. The summed E-state index contributed by atoms with van der Waals surface area (Å²) in [6.07, 6.45) is 4.00. The Morgan fingerprint density at radius 1 is 1.38 bits per heavy atom. The number of anilines is 1. The molecule has 1 fully saturated rings. The van der Waals surface area contributed by atoms with E-state index in [-0.39, 0.29) is 17.4 Å². The molecule has 0 heterocycles. The van der Waals surface area contributed by atoms with Crippen molar-refractivity contribution in [2.75, 3.05) is 5.73 Å². The third-order valence-corrected chi connectivity index (χ3v) is 2.81. The highest BCUT2D eigenvalue weighted by Gasteiger charge is 2.21. The SMILES string of the molecule is Nc1cc(F)ccc1C(=O)OC1CCCC1. The molecule has 2 rings (SSSR count). The van der Waals surface area contributed by atoms with Crippen molar-refractivity contribution in [3.8, 4) is 0 Å². The predicted molar refractivity (Wildman–Crippen MR) is 58.5 cm³/mol. The lowest BCUT2D eigenvalue weighted by atomic mass is 10.2. The second-order valence-electron chi connectivity index (χ2n) is 4.04. The largest absolute Gasteiger partial charge is 0.459 e. The lowest BCUT2D eigenvalue weighted by Gasteiger charge is -2.12. The number of ether oxygens (including phenoxy) is 1. The first kappa shape index (κ1) is 10.9. The van der Waals surface area contributed by atoms with Crippen LogP contribution in [0, 0.1) is 5.82 Å². The molecule has 1 aromatic carbocycles. The number of carbonyl (C=O) groups is 1. The summed E-state index contributed by atoms with van der Waals surface area (Å²) in [5.74, 6) is -0.903. The number of halogens is 1. The highest BCUT2D eigenvalue weighted by molar-refractivity contribution is 5.95. The summed E-state index contributed by atoms with van der Waals surface area (Å²) in [4.78, 5) is 11.7. The molecule has 0 spiro atoms. The zero-order valence-electron chi connectivity index (χ0n) is 8.91. The second kappa shape index (κ2) is 4.51. The molecule has 86 valence electrons. The van der Waals surface area contributed by atoms with E-state index in [0.717, 1.165) is 31.7 Å². The Morgan fingerprint density at radius 2 is 2.06 bits per heavy atom. The van der Waals surface area contributed by atoms with Gasteiger partial charge in [-0.25, -0.2) is 9.18 Å². The van der Waals surface area contributed by atoms with Gasteiger partial charge in [0.1, 0.15) is 11.9 Å². The van der Waals surface area contributed by atoms with Crippen LogP contribution in [0.2, 0.25) is 0 Å². The zero-order valence-corrected chi connectivity index (χ0v) is 8.91. The van der Waals surface area contributed by atoms with Crippen LogP contribution < -0.4 is 5.73 Å². The average Bonchev–Trinajstić information content (AvgIpc) is 2.70. The quantitative estimate of drug-likeness (QED) is 0.619. The van der Waals surface area contributed by atoms with Crippen LogP contribution in [0.3, 0.4) is 0 Å². The predicted octanol–water partition coefficient (Wildman–Crippen LogP) is 2.51. The summed E-state index contributed by atoms with van der Waals surface area (Å²) in [6, 6.07) is 3.70. The number of hydrogen-bond donors (Lipinski definition) is 1. The van der Waals surface area contributed by atoms with Crippen LogP contribution in [0.4, 0.5) is 10.1 Å². The zero-order chi connectivity index (χ0) is 11.5. The second-order valence-corrected chi connectivity index (χ2v) is 4.04. The molecule has 1 aliphatic carbocycles. The van der Waals surface area contributed by atoms with E-state index in [0.29, 0.717) is 0 Å². The maximum atomic E-state index is 12.8. The Balaban J connectivity index is 2.08. The third-order valence-electron chi connectivity index (χ3n) is 2.81. The molecule has 0 amide bonds. The van der Waals surface area contributed by atoms with Crippen molar-refractivity contribution in [3.05, 3.63) is 29.6 Å². The van der Waals surface area contributed by atoms with Gasteiger partial charge in [-0.2, -0.15) is 0 Å². The van der Waals surface area contributed by atoms with Gasteiger partial charge in [-0.15, -0.1) is 0 Å². The minimum absolute atomic E-state index is 0.00282. The normalized spacial score (nSPS) is 16.3. The number of rotatable bonds is 2. The summed E-state index contributed by atoms with van der Waals surface area (Å²) in [7, 11) is 0. The summed E-state index contributed by atoms with van der Waals surface area (Å²) in [5.41, 5.74) is 5.93. The molecule has 0 radical (unpaired) electrons.